The van der Waals surface area contributed by atoms with Crippen molar-refractivity contribution in [2.75, 3.05) is 13.7 Å². The lowest BCUT2D eigenvalue weighted by Gasteiger charge is -2.37. The Kier molecular flexibility index (Phi) is 12.7. The number of aliphatic carboxylic acids is 1. The first-order valence-electron chi connectivity index (χ1n) is 17.5. The number of alkyl halides is 4. The van der Waals surface area contributed by atoms with Crippen LogP contribution in [-0.4, -0.2) is 94.9 Å². The van der Waals surface area contributed by atoms with Crippen LogP contribution in [0.2, 0.25) is 0 Å². The van der Waals surface area contributed by atoms with Gasteiger partial charge in [-0.3, -0.25) is 4.79 Å². The average molecular weight is 738 g/mol. The zero-order valence-electron chi connectivity index (χ0n) is 31.1. The lowest BCUT2D eigenvalue weighted by Crippen LogP contribution is -2.57. The normalized spacial score (nSPS) is 26.6. The van der Waals surface area contributed by atoms with E-state index in [1.165, 1.54) is 12.0 Å². The molecular formula is C35H55F4N3O9. The van der Waals surface area contributed by atoms with Crippen LogP contribution in [0.15, 0.2) is 0 Å². The number of carbonyl (C=O) groups is 5. The fourth-order valence-electron chi connectivity index (χ4n) is 7.50. The van der Waals surface area contributed by atoms with Crippen molar-refractivity contribution in [2.45, 2.75) is 148 Å². The van der Waals surface area contributed by atoms with E-state index in [1.54, 1.807) is 41.5 Å². The van der Waals surface area contributed by atoms with Crippen LogP contribution in [0.3, 0.4) is 0 Å². The molecule has 4 rings (SSSR count). The van der Waals surface area contributed by atoms with Crippen molar-refractivity contribution in [3.05, 3.63) is 0 Å². The summed E-state index contributed by atoms with van der Waals surface area (Å²) in [6, 6.07) is -2.95. The number of fused-ring (bicyclic) bond motifs is 1. The molecule has 3 unspecified atom stereocenters. The first kappa shape index (κ1) is 42.1. The molecule has 4 aliphatic rings. The molecule has 0 aromatic carbocycles. The predicted molar refractivity (Wildman–Crippen MR) is 176 cm³/mol. The molecule has 1 saturated heterocycles. The van der Waals surface area contributed by atoms with Crippen molar-refractivity contribution in [3.8, 4) is 0 Å². The summed E-state index contributed by atoms with van der Waals surface area (Å²) in [7, 11) is 1.29. The number of halogens is 4. The maximum Gasteiger partial charge on any atom is 0.408 e. The highest BCUT2D eigenvalue weighted by Gasteiger charge is 2.70. The molecule has 3 saturated carbocycles. The number of piperidine rings is 1. The molecule has 0 radical (unpaired) electrons. The van der Waals surface area contributed by atoms with Gasteiger partial charge in [-0.25, -0.2) is 36.7 Å². The summed E-state index contributed by atoms with van der Waals surface area (Å²) in [5.41, 5.74) is -1.59. The summed E-state index contributed by atoms with van der Waals surface area (Å²) in [5.74, 6) is -8.44. The van der Waals surface area contributed by atoms with Crippen molar-refractivity contribution in [1.29, 1.82) is 0 Å². The second kappa shape index (κ2) is 15.3. The number of methoxy groups -OCH3 is 1. The largest absolute Gasteiger partial charge is 0.480 e. The van der Waals surface area contributed by atoms with Crippen molar-refractivity contribution in [1.82, 2.24) is 15.5 Å². The number of rotatable bonds is 7. The number of nitrogens with one attached hydrogen (secondary N) is 2. The molecule has 0 aromatic rings. The number of hydrogen-bond acceptors (Lipinski definition) is 8. The summed E-state index contributed by atoms with van der Waals surface area (Å²) < 4.78 is 68.8. The average Bonchev–Trinajstić information content (AvgIpc) is 3.29. The first-order valence-corrected chi connectivity index (χ1v) is 17.5. The second-order valence-electron chi connectivity index (χ2n) is 16.9. The molecular weight excluding hydrogens is 682 g/mol. The third-order valence-corrected chi connectivity index (χ3v) is 10.3. The minimum Gasteiger partial charge on any atom is -0.480 e. The molecule has 16 heteroatoms. The van der Waals surface area contributed by atoms with Crippen LogP contribution in [-0.2, 0) is 28.6 Å². The van der Waals surface area contributed by atoms with Gasteiger partial charge in [-0.05, 0) is 90.4 Å². The number of amides is 3. The third kappa shape index (κ3) is 11.3. The molecule has 292 valence electrons. The number of alkyl carbamates (subject to hydrolysis) is 2. The van der Waals surface area contributed by atoms with Crippen LogP contribution < -0.4 is 10.6 Å². The minimum atomic E-state index is -2.76. The Labute approximate surface area is 297 Å². The van der Waals surface area contributed by atoms with E-state index in [0.717, 1.165) is 0 Å². The Morgan fingerprint density at radius 2 is 1.14 bits per heavy atom. The van der Waals surface area contributed by atoms with Crippen LogP contribution in [0, 0.1) is 29.1 Å². The van der Waals surface area contributed by atoms with E-state index in [1.807, 2.05) is 0 Å². The van der Waals surface area contributed by atoms with E-state index in [2.05, 4.69) is 24.5 Å². The number of carbonyl (C=O) groups excluding carboxylic acids is 4. The highest BCUT2D eigenvalue weighted by atomic mass is 19.3. The van der Waals surface area contributed by atoms with Crippen LogP contribution in [0.25, 0.3) is 0 Å². The van der Waals surface area contributed by atoms with Crippen molar-refractivity contribution < 1.29 is 60.9 Å². The Morgan fingerprint density at radius 1 is 0.745 bits per heavy atom. The number of carboxylic acids is 1. The Hall–Kier alpha value is -3.33. The van der Waals surface area contributed by atoms with Gasteiger partial charge in [0.1, 0.15) is 29.3 Å². The van der Waals surface area contributed by atoms with Gasteiger partial charge in [0.25, 0.3) is 0 Å². The Balaban J connectivity index is 0.000000304. The van der Waals surface area contributed by atoms with E-state index in [0.29, 0.717) is 6.54 Å². The number of ether oxygens (including phenoxy) is 3. The van der Waals surface area contributed by atoms with Crippen LogP contribution >= 0.6 is 0 Å². The molecule has 1 aliphatic heterocycles. The Morgan fingerprint density at radius 3 is 1.51 bits per heavy atom. The standard InChI is InChI=1S/C22H34F2N2O5.C13H21F2NO4/c1-20(2,3)31-19(29)25-15(12-7-9-22(23,24)10-8-12)17(27)26-11-13-14(21(13,4)5)16(26)18(28)30-6;1-12(2,3)20-11(19)16-9(10(17)18)8-4-6-13(14,15)7-5-8/h12-16H,7-11H2,1-6H3,(H,25,29);8-9H,4-7H2,1-3H3,(H,16,19)(H,17,18)/t13-,14-,15?,16?;/m0./s1. The van der Waals surface area contributed by atoms with Crippen LogP contribution in [0.1, 0.15) is 107 Å². The van der Waals surface area contributed by atoms with E-state index < -0.39 is 83.0 Å². The fourth-order valence-corrected chi connectivity index (χ4v) is 7.50. The predicted octanol–water partition coefficient (Wildman–Crippen LogP) is 6.15. The maximum atomic E-state index is 13.7. The Bertz CT molecular complexity index is 1290. The topological polar surface area (TPSA) is 161 Å². The van der Waals surface area contributed by atoms with Gasteiger partial charge in [-0.1, -0.05) is 13.8 Å². The molecule has 5 atom stereocenters. The molecule has 3 amide bonds. The van der Waals surface area contributed by atoms with Crippen molar-refractivity contribution in [2.24, 2.45) is 29.1 Å². The molecule has 0 bridgehead atoms. The molecule has 4 fully saturated rings. The SMILES string of the molecule is CC(C)(C)OC(=O)NC(C(=O)O)C1CCC(F)(F)CC1.COC(=O)C1[C@@H]2[C@H](CN1C(=O)C(NC(=O)OC(C)(C)C)C1CCC(F)(F)CC1)C2(C)C. The number of hydrogen-bond donors (Lipinski definition) is 3. The van der Waals surface area contributed by atoms with Crippen molar-refractivity contribution in [3.63, 3.8) is 0 Å². The van der Waals surface area contributed by atoms with Gasteiger partial charge in [0.05, 0.1) is 7.11 Å². The smallest absolute Gasteiger partial charge is 0.408 e. The van der Waals surface area contributed by atoms with E-state index in [-0.39, 0.29) is 68.6 Å². The van der Waals surface area contributed by atoms with Gasteiger partial charge in [-0.2, -0.15) is 0 Å². The van der Waals surface area contributed by atoms with Crippen LogP contribution in [0.5, 0.6) is 0 Å². The summed E-state index contributed by atoms with van der Waals surface area (Å²) in [4.78, 5) is 62.8. The molecule has 3 N–H and O–H groups in total. The minimum absolute atomic E-state index is 0.0123. The highest BCUT2D eigenvalue weighted by Crippen LogP contribution is 2.65. The molecule has 1 heterocycles. The first-order chi connectivity index (χ1) is 23.2. The van der Waals surface area contributed by atoms with E-state index in [9.17, 15) is 41.5 Å². The summed E-state index contributed by atoms with van der Waals surface area (Å²) >= 11 is 0. The van der Waals surface area contributed by atoms with Gasteiger partial charge < -0.3 is 34.9 Å². The van der Waals surface area contributed by atoms with Gasteiger partial charge in [-0.15, -0.1) is 0 Å². The zero-order chi connectivity index (χ0) is 38.9. The summed E-state index contributed by atoms with van der Waals surface area (Å²) in [6.07, 6.45) is -2.65. The lowest BCUT2D eigenvalue weighted by molar-refractivity contribution is -0.154. The number of carboxylic acid groups (broad SMARTS) is 1. The van der Waals surface area contributed by atoms with E-state index >= 15 is 0 Å². The second-order valence-corrected chi connectivity index (χ2v) is 16.9. The zero-order valence-corrected chi connectivity index (χ0v) is 31.1. The molecule has 0 aromatic heterocycles. The summed E-state index contributed by atoms with van der Waals surface area (Å²) in [6.45, 7) is 14.6. The number of nitrogens with zero attached hydrogens (tertiary/aromatic N) is 1. The monoisotopic (exact) mass is 737 g/mol. The summed E-state index contributed by atoms with van der Waals surface area (Å²) in [5, 5.41) is 14.0. The number of esters is 1. The van der Waals surface area contributed by atoms with Crippen LogP contribution in [0.4, 0.5) is 27.2 Å². The van der Waals surface area contributed by atoms with Gasteiger partial charge in [0, 0.05) is 38.1 Å². The molecule has 51 heavy (non-hydrogen) atoms. The lowest BCUT2D eigenvalue weighted by atomic mass is 9.81. The maximum absolute atomic E-state index is 13.7. The van der Waals surface area contributed by atoms with E-state index in [4.69, 9.17) is 19.3 Å². The third-order valence-electron chi connectivity index (χ3n) is 10.3. The van der Waals surface area contributed by atoms with Gasteiger partial charge in [0.15, 0.2) is 0 Å². The highest BCUT2D eigenvalue weighted by molar-refractivity contribution is 5.91. The molecule has 0 spiro atoms. The quantitative estimate of drug-likeness (QED) is 0.158. The molecule has 3 aliphatic carbocycles. The molecule has 12 nitrogen and oxygen atoms in total. The van der Waals surface area contributed by atoms with Crippen molar-refractivity contribution >= 4 is 30.0 Å². The van der Waals surface area contributed by atoms with Gasteiger partial charge >= 0.3 is 24.1 Å². The number of likely N-dealkylation sites (tertiary alicyclic amines) is 1. The van der Waals surface area contributed by atoms with Gasteiger partial charge in [0.2, 0.25) is 17.8 Å². The fraction of sp³-hybridized carbons (Fsp3) is 0.857.